The van der Waals surface area contributed by atoms with Crippen molar-refractivity contribution in [3.8, 4) is 5.75 Å². The molecule has 0 bridgehead atoms. The standard InChI is InChI=1S/C24H21N3O3/c1-17-8-13-24-25-21(18(2)26(24)15-17)11-9-19-10-12-22(27(28)29)23(14-19)30-16-20-6-4-3-5-7-20/h3-15H,16H2,1-2H3/b11-9+. The van der Waals surface area contributed by atoms with Gasteiger partial charge in [-0.2, -0.15) is 0 Å². The van der Waals surface area contributed by atoms with Crippen LogP contribution in [0.3, 0.4) is 0 Å². The van der Waals surface area contributed by atoms with Gasteiger partial charge in [0.2, 0.25) is 0 Å². The molecule has 2 heterocycles. The van der Waals surface area contributed by atoms with E-state index in [0.29, 0.717) is 0 Å². The van der Waals surface area contributed by atoms with Crippen molar-refractivity contribution in [2.24, 2.45) is 0 Å². The first kappa shape index (κ1) is 19.4. The van der Waals surface area contributed by atoms with Gasteiger partial charge < -0.3 is 9.14 Å². The molecule has 2 aromatic carbocycles. The van der Waals surface area contributed by atoms with Gasteiger partial charge >= 0.3 is 5.69 Å². The third-order valence-electron chi connectivity index (χ3n) is 4.89. The summed E-state index contributed by atoms with van der Waals surface area (Å²) in [6, 6.07) is 18.5. The van der Waals surface area contributed by atoms with E-state index in [2.05, 4.69) is 15.6 Å². The fraction of sp³-hybridized carbons (Fsp3) is 0.125. The van der Waals surface area contributed by atoms with Crippen LogP contribution in [0, 0.1) is 24.0 Å². The second-order valence-electron chi connectivity index (χ2n) is 7.11. The van der Waals surface area contributed by atoms with Gasteiger partial charge in [0.15, 0.2) is 5.75 Å². The summed E-state index contributed by atoms with van der Waals surface area (Å²) in [6.45, 7) is 4.32. The van der Waals surface area contributed by atoms with Crippen molar-refractivity contribution in [2.45, 2.75) is 20.5 Å². The first-order valence-corrected chi connectivity index (χ1v) is 9.60. The number of pyridine rings is 1. The Kier molecular flexibility index (Phi) is 5.30. The van der Waals surface area contributed by atoms with Crippen molar-refractivity contribution >= 4 is 23.5 Å². The quantitative estimate of drug-likeness (QED) is 0.312. The number of nitro groups is 1. The highest BCUT2D eigenvalue weighted by atomic mass is 16.6. The molecule has 6 nitrogen and oxygen atoms in total. The molecule has 6 heteroatoms. The third-order valence-corrected chi connectivity index (χ3v) is 4.89. The van der Waals surface area contributed by atoms with E-state index < -0.39 is 4.92 Å². The predicted octanol–water partition coefficient (Wildman–Crippen LogP) is 5.61. The first-order valence-electron chi connectivity index (χ1n) is 9.60. The van der Waals surface area contributed by atoms with Gasteiger partial charge in [-0.25, -0.2) is 4.98 Å². The lowest BCUT2D eigenvalue weighted by atomic mass is 10.1. The SMILES string of the molecule is Cc1ccc2nc(/C=C/c3ccc([N+](=O)[O-])c(OCc4ccccc4)c3)c(C)n2c1. The van der Waals surface area contributed by atoms with Crippen molar-refractivity contribution in [2.75, 3.05) is 0 Å². The third kappa shape index (κ3) is 4.07. The van der Waals surface area contributed by atoms with Gasteiger partial charge in [-0.3, -0.25) is 10.1 Å². The maximum atomic E-state index is 11.4. The zero-order valence-electron chi connectivity index (χ0n) is 16.8. The maximum absolute atomic E-state index is 11.4. The van der Waals surface area contributed by atoms with Crippen molar-refractivity contribution < 1.29 is 9.66 Å². The number of aromatic nitrogens is 2. The van der Waals surface area contributed by atoms with Crippen LogP contribution in [0.15, 0.2) is 66.9 Å². The number of fused-ring (bicyclic) bond motifs is 1. The Bertz CT molecular complexity index is 1240. The van der Waals surface area contributed by atoms with Gasteiger partial charge in [0.05, 0.1) is 10.6 Å². The molecule has 0 atom stereocenters. The molecule has 0 fully saturated rings. The lowest BCUT2D eigenvalue weighted by Gasteiger charge is -2.08. The highest BCUT2D eigenvalue weighted by Gasteiger charge is 2.15. The second-order valence-corrected chi connectivity index (χ2v) is 7.11. The van der Waals surface area contributed by atoms with E-state index in [1.165, 1.54) is 6.07 Å². The van der Waals surface area contributed by atoms with Crippen LogP contribution in [0.1, 0.15) is 28.1 Å². The number of rotatable bonds is 6. The molecule has 0 saturated carbocycles. The molecule has 0 aliphatic carbocycles. The van der Waals surface area contributed by atoms with Crippen LogP contribution >= 0.6 is 0 Å². The van der Waals surface area contributed by atoms with Gasteiger partial charge in [-0.1, -0.05) is 42.5 Å². The largest absolute Gasteiger partial charge is 0.482 e. The highest BCUT2D eigenvalue weighted by Crippen LogP contribution is 2.29. The van der Waals surface area contributed by atoms with Crippen molar-refractivity contribution in [1.82, 2.24) is 9.38 Å². The Labute approximate surface area is 174 Å². The van der Waals surface area contributed by atoms with E-state index in [0.717, 1.165) is 33.7 Å². The van der Waals surface area contributed by atoms with Gasteiger partial charge in [-0.05, 0) is 54.8 Å². The summed E-state index contributed by atoms with van der Waals surface area (Å²) in [6.07, 6.45) is 5.86. The number of nitrogens with zero attached hydrogens (tertiary/aromatic N) is 3. The number of benzene rings is 2. The number of nitro benzene ring substituents is 1. The normalized spacial score (nSPS) is 11.3. The first-order chi connectivity index (χ1) is 14.5. The average Bonchev–Trinajstić information content (AvgIpc) is 3.06. The monoisotopic (exact) mass is 399 g/mol. The smallest absolute Gasteiger partial charge is 0.310 e. The Morgan fingerprint density at radius 3 is 2.63 bits per heavy atom. The summed E-state index contributed by atoms with van der Waals surface area (Å²) in [5, 5.41) is 11.4. The molecule has 30 heavy (non-hydrogen) atoms. The summed E-state index contributed by atoms with van der Waals surface area (Å²) >= 11 is 0. The van der Waals surface area contributed by atoms with E-state index in [1.807, 2.05) is 68.5 Å². The fourth-order valence-electron chi connectivity index (χ4n) is 3.26. The van der Waals surface area contributed by atoms with Gasteiger partial charge in [-0.15, -0.1) is 0 Å². The van der Waals surface area contributed by atoms with Gasteiger partial charge in [0, 0.05) is 18.0 Å². The molecular formula is C24H21N3O3. The van der Waals surface area contributed by atoms with Crippen molar-refractivity contribution in [3.05, 3.63) is 105 Å². The van der Waals surface area contributed by atoms with Crippen LogP contribution < -0.4 is 4.74 Å². The minimum absolute atomic E-state index is 0.0533. The molecule has 150 valence electrons. The molecule has 4 rings (SSSR count). The fourth-order valence-corrected chi connectivity index (χ4v) is 3.26. The zero-order valence-corrected chi connectivity index (χ0v) is 16.8. The molecule has 0 amide bonds. The molecule has 0 radical (unpaired) electrons. The molecule has 2 aromatic heterocycles. The number of hydrogen-bond acceptors (Lipinski definition) is 4. The second kappa shape index (κ2) is 8.21. The molecule has 0 aliphatic heterocycles. The lowest BCUT2D eigenvalue weighted by molar-refractivity contribution is -0.385. The van der Waals surface area contributed by atoms with Crippen LogP contribution in [-0.2, 0) is 6.61 Å². The Morgan fingerprint density at radius 2 is 1.87 bits per heavy atom. The number of ether oxygens (including phenoxy) is 1. The molecule has 0 saturated heterocycles. The number of imidazole rings is 1. The molecule has 0 N–H and O–H groups in total. The molecule has 4 aromatic rings. The minimum atomic E-state index is -0.428. The Morgan fingerprint density at radius 1 is 1.07 bits per heavy atom. The summed E-state index contributed by atoms with van der Waals surface area (Å²) in [7, 11) is 0. The number of aryl methyl sites for hydroxylation is 2. The van der Waals surface area contributed by atoms with Crippen LogP contribution in [-0.4, -0.2) is 14.3 Å². The topological polar surface area (TPSA) is 69.7 Å². The van der Waals surface area contributed by atoms with Crippen LogP contribution in [0.4, 0.5) is 5.69 Å². The van der Waals surface area contributed by atoms with Gasteiger partial charge in [0.25, 0.3) is 0 Å². The van der Waals surface area contributed by atoms with Crippen molar-refractivity contribution in [1.29, 1.82) is 0 Å². The zero-order chi connectivity index (χ0) is 21.1. The van der Waals surface area contributed by atoms with E-state index >= 15 is 0 Å². The highest BCUT2D eigenvalue weighted by molar-refractivity contribution is 5.72. The van der Waals surface area contributed by atoms with Crippen molar-refractivity contribution in [3.63, 3.8) is 0 Å². The van der Waals surface area contributed by atoms with Crippen LogP contribution in [0.2, 0.25) is 0 Å². The van der Waals surface area contributed by atoms with Gasteiger partial charge in [0.1, 0.15) is 12.3 Å². The maximum Gasteiger partial charge on any atom is 0.310 e. The Balaban J connectivity index is 1.61. The summed E-state index contributed by atoms with van der Waals surface area (Å²) in [4.78, 5) is 15.6. The molecular weight excluding hydrogens is 378 g/mol. The number of hydrogen-bond donors (Lipinski definition) is 0. The minimum Gasteiger partial charge on any atom is -0.482 e. The molecule has 0 aliphatic rings. The summed E-state index contributed by atoms with van der Waals surface area (Å²) in [5.41, 5.74) is 5.63. The average molecular weight is 399 g/mol. The van der Waals surface area contributed by atoms with E-state index in [1.54, 1.807) is 12.1 Å². The van der Waals surface area contributed by atoms with E-state index in [-0.39, 0.29) is 18.0 Å². The summed E-state index contributed by atoms with van der Waals surface area (Å²) < 4.78 is 7.82. The summed E-state index contributed by atoms with van der Waals surface area (Å²) in [5.74, 6) is 0.244. The molecule has 0 unspecified atom stereocenters. The predicted molar refractivity (Wildman–Crippen MR) is 117 cm³/mol. The van der Waals surface area contributed by atoms with Crippen LogP contribution in [0.25, 0.3) is 17.8 Å². The molecule has 0 spiro atoms. The Hall–Kier alpha value is -3.93. The van der Waals surface area contributed by atoms with E-state index in [4.69, 9.17) is 4.74 Å². The van der Waals surface area contributed by atoms with Crippen LogP contribution in [0.5, 0.6) is 5.75 Å². The van der Waals surface area contributed by atoms with E-state index in [9.17, 15) is 10.1 Å². The lowest BCUT2D eigenvalue weighted by Crippen LogP contribution is -1.99.